The van der Waals surface area contributed by atoms with Gasteiger partial charge in [-0.05, 0) is 26.0 Å². The number of benzene rings is 1. The molecule has 0 N–H and O–H groups in total. The predicted molar refractivity (Wildman–Crippen MR) is 61.7 cm³/mol. The predicted octanol–water partition coefficient (Wildman–Crippen LogP) is 2.73. The summed E-state index contributed by atoms with van der Waals surface area (Å²) >= 11 is 0. The minimum atomic E-state index is -0.674. The van der Waals surface area contributed by atoms with Crippen molar-refractivity contribution in [1.29, 1.82) is 0 Å². The van der Waals surface area contributed by atoms with Crippen LogP contribution in [-0.4, -0.2) is 12.3 Å². The fourth-order valence-corrected chi connectivity index (χ4v) is 1.01. The van der Waals surface area contributed by atoms with Crippen molar-refractivity contribution in [3.63, 3.8) is 0 Å². The molecule has 1 atom stereocenters. The van der Waals surface area contributed by atoms with Gasteiger partial charge in [0.15, 0.2) is 0 Å². The van der Waals surface area contributed by atoms with Gasteiger partial charge in [-0.1, -0.05) is 24.8 Å². The van der Waals surface area contributed by atoms with Crippen LogP contribution in [0.25, 0.3) is 0 Å². The van der Waals surface area contributed by atoms with E-state index < -0.39 is 12.3 Å². The Morgan fingerprint density at radius 1 is 1.38 bits per heavy atom. The van der Waals surface area contributed by atoms with Crippen molar-refractivity contribution in [3.05, 3.63) is 49.4 Å². The molecule has 0 saturated heterocycles. The molecule has 0 fully saturated rings. The number of carbonyl (C=O) groups excluding carboxylic acids is 1. The first-order valence-electron chi connectivity index (χ1n) is 5.01. The number of hydrogen-bond donors (Lipinski definition) is 0. The van der Waals surface area contributed by atoms with Crippen LogP contribution in [0.4, 0.5) is 0 Å². The van der Waals surface area contributed by atoms with Gasteiger partial charge in [0.25, 0.3) is 0 Å². The van der Waals surface area contributed by atoms with E-state index in [1.54, 1.807) is 19.1 Å². The van der Waals surface area contributed by atoms with Gasteiger partial charge in [-0.3, -0.25) is 0 Å². The molecule has 3 nitrogen and oxygen atoms in total. The maximum absolute atomic E-state index is 11.3. The average molecular weight is 219 g/mol. The van der Waals surface area contributed by atoms with Crippen molar-refractivity contribution in [2.75, 3.05) is 0 Å². The van der Waals surface area contributed by atoms with E-state index in [1.165, 1.54) is 0 Å². The molecule has 1 rings (SSSR count). The molecule has 85 valence electrons. The fourth-order valence-electron chi connectivity index (χ4n) is 1.01. The molecule has 0 bridgehead atoms. The van der Waals surface area contributed by atoms with Gasteiger partial charge in [-0.15, -0.1) is 0 Å². The number of ether oxygens (including phenoxy) is 2. The van der Waals surface area contributed by atoms with E-state index in [9.17, 15) is 4.79 Å². The van der Waals surface area contributed by atoms with Gasteiger partial charge < -0.3 is 9.47 Å². The van der Waals surface area contributed by atoms with Gasteiger partial charge in [0.05, 0.1) is 0 Å². The first-order chi connectivity index (χ1) is 7.63. The second-order valence-electron chi connectivity index (χ2n) is 3.33. The van der Waals surface area contributed by atoms with E-state index in [1.807, 2.05) is 18.2 Å². The Hall–Kier alpha value is -1.77. The maximum atomic E-state index is 11.3. The van der Waals surface area contributed by atoms with Gasteiger partial charge in [-0.25, -0.2) is 4.79 Å². The molecule has 0 heterocycles. The lowest BCUT2D eigenvalue weighted by atomic mass is 10.3. The van der Waals surface area contributed by atoms with Crippen LogP contribution in [0.1, 0.15) is 13.3 Å². The molecule has 0 aliphatic heterocycles. The topological polar surface area (TPSA) is 35.5 Å². The van der Waals surface area contributed by atoms with Crippen LogP contribution in [0.15, 0.2) is 42.5 Å². The molecule has 0 aromatic heterocycles. The van der Waals surface area contributed by atoms with Crippen LogP contribution in [0, 0.1) is 6.92 Å². The maximum Gasteiger partial charge on any atom is 0.336 e. The normalized spacial score (nSPS) is 11.6. The molecule has 1 radical (unpaired) electrons. The van der Waals surface area contributed by atoms with Crippen molar-refractivity contribution in [2.24, 2.45) is 0 Å². The van der Waals surface area contributed by atoms with Crippen LogP contribution in [0.5, 0.6) is 5.75 Å². The average Bonchev–Trinajstić information content (AvgIpc) is 2.29. The third kappa shape index (κ3) is 3.77. The Bertz CT molecular complexity index is 357. The van der Waals surface area contributed by atoms with Crippen molar-refractivity contribution >= 4 is 5.97 Å². The Balaban J connectivity index is 2.56. The summed E-state index contributed by atoms with van der Waals surface area (Å²) in [6.07, 6.45) is -0.333. The molecule has 0 aliphatic rings. The lowest BCUT2D eigenvalue weighted by Gasteiger charge is -2.17. The monoisotopic (exact) mass is 219 g/mol. The van der Waals surface area contributed by atoms with E-state index in [4.69, 9.17) is 9.47 Å². The second kappa shape index (κ2) is 5.95. The van der Waals surface area contributed by atoms with Crippen molar-refractivity contribution in [2.45, 2.75) is 19.6 Å². The third-order valence-corrected chi connectivity index (χ3v) is 1.83. The quantitative estimate of drug-likeness (QED) is 0.434. The summed E-state index contributed by atoms with van der Waals surface area (Å²) in [5.74, 6) is 0.176. The largest absolute Gasteiger partial charge is 0.455 e. The molecule has 0 saturated carbocycles. The van der Waals surface area contributed by atoms with Crippen molar-refractivity contribution < 1.29 is 14.3 Å². The Kier molecular flexibility index (Phi) is 4.58. The number of carbonyl (C=O) groups is 1. The smallest absolute Gasteiger partial charge is 0.336 e. The standard InChI is InChI=1S/C13H15O3/c1-4-12(16-13(14)10(2)3)15-11-8-6-5-7-9-11/h5-9,12H,1-2,4H2,3H3. The van der Waals surface area contributed by atoms with Gasteiger partial charge >= 0.3 is 5.97 Å². The number of para-hydroxylation sites is 1. The number of hydrogen-bond acceptors (Lipinski definition) is 3. The SMILES string of the molecule is [CH2]CC(OC(=O)C(=C)C)Oc1ccccc1. The van der Waals surface area contributed by atoms with E-state index in [0.717, 1.165) is 0 Å². The zero-order chi connectivity index (χ0) is 12.0. The molecule has 1 aromatic rings. The minimum Gasteiger partial charge on any atom is -0.455 e. The van der Waals surface area contributed by atoms with Gasteiger partial charge in [0.2, 0.25) is 6.29 Å². The molecule has 3 heteroatoms. The molecule has 1 unspecified atom stereocenters. The summed E-state index contributed by atoms with van der Waals surface area (Å²) in [4.78, 5) is 11.3. The Morgan fingerprint density at radius 2 is 2.00 bits per heavy atom. The van der Waals surface area contributed by atoms with Crippen LogP contribution in [-0.2, 0) is 9.53 Å². The van der Waals surface area contributed by atoms with E-state index in [-0.39, 0.29) is 0 Å². The lowest BCUT2D eigenvalue weighted by Crippen LogP contribution is -2.23. The summed E-state index contributed by atoms with van der Waals surface area (Å²) in [6.45, 7) is 8.75. The highest BCUT2D eigenvalue weighted by atomic mass is 16.7. The second-order valence-corrected chi connectivity index (χ2v) is 3.33. The molecule has 0 aliphatic carbocycles. The van der Waals surface area contributed by atoms with Crippen molar-refractivity contribution in [3.8, 4) is 5.75 Å². The summed E-state index contributed by atoms with van der Waals surface area (Å²) in [5, 5.41) is 0. The summed E-state index contributed by atoms with van der Waals surface area (Å²) in [5.41, 5.74) is 0.343. The number of esters is 1. The van der Waals surface area contributed by atoms with E-state index >= 15 is 0 Å². The number of rotatable bonds is 5. The zero-order valence-electron chi connectivity index (χ0n) is 9.31. The molecule has 0 spiro atoms. The summed E-state index contributed by atoms with van der Waals surface area (Å²) < 4.78 is 10.5. The molecule has 0 amide bonds. The van der Waals surface area contributed by atoms with Crippen LogP contribution < -0.4 is 4.74 Å². The Labute approximate surface area is 95.7 Å². The molecule has 16 heavy (non-hydrogen) atoms. The first-order valence-corrected chi connectivity index (χ1v) is 5.01. The highest BCUT2D eigenvalue weighted by Gasteiger charge is 2.14. The van der Waals surface area contributed by atoms with Crippen LogP contribution >= 0.6 is 0 Å². The van der Waals surface area contributed by atoms with Crippen LogP contribution in [0.2, 0.25) is 0 Å². The van der Waals surface area contributed by atoms with E-state index in [0.29, 0.717) is 17.7 Å². The first kappa shape index (κ1) is 12.3. The highest BCUT2D eigenvalue weighted by Crippen LogP contribution is 2.13. The molecular formula is C13H15O3. The Morgan fingerprint density at radius 3 is 2.50 bits per heavy atom. The van der Waals surface area contributed by atoms with Crippen LogP contribution in [0.3, 0.4) is 0 Å². The van der Waals surface area contributed by atoms with Crippen molar-refractivity contribution in [1.82, 2.24) is 0 Å². The van der Waals surface area contributed by atoms with Gasteiger partial charge in [-0.2, -0.15) is 0 Å². The van der Waals surface area contributed by atoms with Gasteiger partial charge in [0, 0.05) is 12.0 Å². The highest BCUT2D eigenvalue weighted by molar-refractivity contribution is 5.87. The fraction of sp³-hybridized carbons (Fsp3) is 0.231. The molecule has 1 aromatic carbocycles. The third-order valence-electron chi connectivity index (χ3n) is 1.83. The van der Waals surface area contributed by atoms with E-state index in [2.05, 4.69) is 13.5 Å². The lowest BCUT2D eigenvalue weighted by molar-refractivity contribution is -0.158. The zero-order valence-corrected chi connectivity index (χ0v) is 9.31. The summed E-state index contributed by atoms with van der Waals surface area (Å²) in [6, 6.07) is 9.15. The molecular weight excluding hydrogens is 204 g/mol. The minimum absolute atomic E-state index is 0.341. The summed E-state index contributed by atoms with van der Waals surface area (Å²) in [7, 11) is 0. The van der Waals surface area contributed by atoms with Gasteiger partial charge in [0.1, 0.15) is 5.75 Å².